The molecule has 8 nitrogen and oxygen atoms in total. The molecule has 166 valence electrons. The molecule has 4 heterocycles. The molecule has 0 atom stereocenters. The summed E-state index contributed by atoms with van der Waals surface area (Å²) in [7, 11) is 0. The summed E-state index contributed by atoms with van der Waals surface area (Å²) < 4.78 is 8.02. The fourth-order valence-corrected chi connectivity index (χ4v) is 4.14. The van der Waals surface area contributed by atoms with E-state index in [-0.39, 0.29) is 5.60 Å². The van der Waals surface area contributed by atoms with Gasteiger partial charge in [0.1, 0.15) is 23.4 Å². The molecule has 0 amide bonds. The number of hydrogen-bond acceptors (Lipinski definition) is 6. The fraction of sp³-hybridized carbons (Fsp3) is 0.417. The molecule has 32 heavy (non-hydrogen) atoms. The number of anilines is 1. The minimum atomic E-state index is 0.0189. The second kappa shape index (κ2) is 8.26. The SMILES string of the molecule is C=c1c(-c2cc(N3CCC(n4cccn4)CC3)ncn2)n[nH]/c1=C/C=C(\C)OC1(C)CC1. The topological polar surface area (TPSA) is 84.8 Å². The highest BCUT2D eigenvalue weighted by Gasteiger charge is 2.39. The van der Waals surface area contributed by atoms with Crippen molar-refractivity contribution in [3.8, 4) is 11.4 Å². The summed E-state index contributed by atoms with van der Waals surface area (Å²) in [5, 5.41) is 13.6. The molecule has 1 saturated carbocycles. The summed E-state index contributed by atoms with van der Waals surface area (Å²) in [5.74, 6) is 1.81. The smallest absolute Gasteiger partial charge is 0.132 e. The Morgan fingerprint density at radius 3 is 2.81 bits per heavy atom. The van der Waals surface area contributed by atoms with Gasteiger partial charge in [0.05, 0.1) is 22.8 Å². The van der Waals surface area contributed by atoms with E-state index in [0.29, 0.717) is 6.04 Å². The minimum absolute atomic E-state index is 0.0189. The van der Waals surface area contributed by atoms with Crippen LogP contribution < -0.4 is 15.5 Å². The number of piperidine rings is 1. The average Bonchev–Trinajstić information content (AvgIpc) is 3.19. The summed E-state index contributed by atoms with van der Waals surface area (Å²) >= 11 is 0. The van der Waals surface area contributed by atoms with Gasteiger partial charge in [-0.25, -0.2) is 9.97 Å². The Kier molecular flexibility index (Phi) is 5.28. The number of H-pyrrole nitrogens is 1. The highest BCUT2D eigenvalue weighted by Crippen LogP contribution is 2.40. The first-order chi connectivity index (χ1) is 15.5. The van der Waals surface area contributed by atoms with Crippen LogP contribution in [-0.2, 0) is 4.74 Å². The standard InChI is InChI=1S/C24H29N7O/c1-17(32-24(3)9-10-24)5-6-20-18(2)23(29-28-20)21-15-22(26-16-25-21)30-13-7-19(8-14-30)31-12-4-11-27-31/h4-6,11-12,15-16,19,28H,2,7-10,13-14H2,1,3H3/b17-5+,20-6+. The van der Waals surface area contributed by atoms with E-state index in [1.54, 1.807) is 6.33 Å². The molecule has 0 unspecified atom stereocenters. The maximum atomic E-state index is 5.96. The fourth-order valence-electron chi connectivity index (χ4n) is 4.14. The van der Waals surface area contributed by atoms with Crippen molar-refractivity contribution in [2.24, 2.45) is 0 Å². The van der Waals surface area contributed by atoms with E-state index in [2.05, 4.69) is 48.3 Å². The lowest BCUT2D eigenvalue weighted by Gasteiger charge is -2.32. The minimum Gasteiger partial charge on any atom is -0.492 e. The zero-order chi connectivity index (χ0) is 22.1. The highest BCUT2D eigenvalue weighted by molar-refractivity contribution is 5.60. The van der Waals surface area contributed by atoms with Gasteiger partial charge in [-0.1, -0.05) is 6.58 Å². The lowest BCUT2D eigenvalue weighted by molar-refractivity contribution is 0.112. The van der Waals surface area contributed by atoms with Crippen molar-refractivity contribution in [1.82, 2.24) is 29.9 Å². The molecule has 3 aromatic rings. The summed E-state index contributed by atoms with van der Waals surface area (Å²) in [6.45, 7) is 10.2. The molecule has 1 aliphatic carbocycles. The Bertz CT molecular complexity index is 1220. The van der Waals surface area contributed by atoms with E-state index in [0.717, 1.165) is 72.3 Å². The van der Waals surface area contributed by atoms with E-state index in [4.69, 9.17) is 4.74 Å². The van der Waals surface area contributed by atoms with Crippen molar-refractivity contribution >= 4 is 18.5 Å². The van der Waals surface area contributed by atoms with Crippen LogP contribution in [0.15, 0.2) is 42.7 Å². The van der Waals surface area contributed by atoms with Gasteiger partial charge in [-0.05, 0) is 57.7 Å². The van der Waals surface area contributed by atoms with E-state index in [1.165, 1.54) is 0 Å². The van der Waals surface area contributed by atoms with Gasteiger partial charge < -0.3 is 9.64 Å². The van der Waals surface area contributed by atoms with Gasteiger partial charge in [-0.2, -0.15) is 10.2 Å². The number of hydrogen-bond donors (Lipinski definition) is 1. The van der Waals surface area contributed by atoms with Crippen molar-refractivity contribution in [1.29, 1.82) is 0 Å². The Labute approximate surface area is 187 Å². The van der Waals surface area contributed by atoms with Crippen LogP contribution in [0.3, 0.4) is 0 Å². The maximum Gasteiger partial charge on any atom is 0.132 e. The Balaban J connectivity index is 1.31. The molecule has 0 radical (unpaired) electrons. The molecular formula is C24H29N7O. The first-order valence-corrected chi connectivity index (χ1v) is 11.2. The number of nitrogens with zero attached hydrogens (tertiary/aromatic N) is 6. The largest absolute Gasteiger partial charge is 0.492 e. The molecule has 0 bridgehead atoms. The van der Waals surface area contributed by atoms with Gasteiger partial charge in [0, 0.05) is 36.8 Å². The zero-order valence-electron chi connectivity index (χ0n) is 18.7. The van der Waals surface area contributed by atoms with Crippen molar-refractivity contribution in [3.63, 3.8) is 0 Å². The normalized spacial score (nSPS) is 19.4. The van der Waals surface area contributed by atoms with Crippen LogP contribution in [0, 0.1) is 0 Å². The number of aromatic amines is 1. The molecule has 3 aromatic heterocycles. The Morgan fingerprint density at radius 2 is 2.09 bits per heavy atom. The third kappa shape index (κ3) is 4.30. The zero-order valence-corrected chi connectivity index (χ0v) is 18.7. The first-order valence-electron chi connectivity index (χ1n) is 11.2. The lowest BCUT2D eigenvalue weighted by Crippen LogP contribution is -2.35. The van der Waals surface area contributed by atoms with E-state index < -0.39 is 0 Å². The van der Waals surface area contributed by atoms with Crippen LogP contribution in [0.1, 0.15) is 45.6 Å². The molecule has 1 N–H and O–H groups in total. The van der Waals surface area contributed by atoms with Crippen molar-refractivity contribution in [2.45, 2.75) is 51.2 Å². The highest BCUT2D eigenvalue weighted by atomic mass is 16.5. The number of aromatic nitrogens is 6. The van der Waals surface area contributed by atoms with Gasteiger partial charge in [0.2, 0.25) is 0 Å². The van der Waals surface area contributed by atoms with Gasteiger partial charge in [-0.3, -0.25) is 9.78 Å². The predicted molar refractivity (Wildman–Crippen MR) is 124 cm³/mol. The molecule has 1 aliphatic heterocycles. The first kappa shape index (κ1) is 20.5. The van der Waals surface area contributed by atoms with Gasteiger partial charge in [0.25, 0.3) is 0 Å². The van der Waals surface area contributed by atoms with Crippen LogP contribution in [0.25, 0.3) is 24.0 Å². The number of ether oxygens (including phenoxy) is 1. The molecule has 2 aliphatic rings. The van der Waals surface area contributed by atoms with Crippen molar-refractivity contribution in [3.05, 3.63) is 53.3 Å². The summed E-state index contributed by atoms with van der Waals surface area (Å²) in [5.41, 5.74) is 1.53. The Hall–Kier alpha value is -3.42. The van der Waals surface area contributed by atoms with Gasteiger partial charge >= 0.3 is 0 Å². The molecule has 0 aromatic carbocycles. The van der Waals surface area contributed by atoms with Crippen LogP contribution in [0.2, 0.25) is 0 Å². The van der Waals surface area contributed by atoms with Crippen molar-refractivity contribution in [2.75, 3.05) is 18.0 Å². The van der Waals surface area contributed by atoms with Gasteiger partial charge in [-0.15, -0.1) is 0 Å². The maximum absolute atomic E-state index is 5.96. The monoisotopic (exact) mass is 431 g/mol. The number of nitrogens with one attached hydrogen (secondary N) is 1. The molecule has 0 spiro atoms. The lowest BCUT2D eigenvalue weighted by atomic mass is 10.1. The summed E-state index contributed by atoms with van der Waals surface area (Å²) in [6.07, 6.45) is 13.7. The quantitative estimate of drug-likeness (QED) is 0.604. The van der Waals surface area contributed by atoms with E-state index in [9.17, 15) is 0 Å². The van der Waals surface area contributed by atoms with E-state index >= 15 is 0 Å². The molecule has 2 fully saturated rings. The van der Waals surface area contributed by atoms with Crippen LogP contribution in [0.4, 0.5) is 5.82 Å². The van der Waals surface area contributed by atoms with Crippen LogP contribution in [-0.4, -0.2) is 48.6 Å². The number of rotatable bonds is 6. The van der Waals surface area contributed by atoms with Crippen LogP contribution >= 0.6 is 0 Å². The third-order valence-corrected chi connectivity index (χ3v) is 6.33. The van der Waals surface area contributed by atoms with Crippen molar-refractivity contribution < 1.29 is 4.74 Å². The molecule has 1 saturated heterocycles. The second-order valence-corrected chi connectivity index (χ2v) is 8.93. The van der Waals surface area contributed by atoms with Gasteiger partial charge in [0.15, 0.2) is 0 Å². The summed E-state index contributed by atoms with van der Waals surface area (Å²) in [6, 6.07) is 4.43. The molecule has 5 rings (SSSR count). The third-order valence-electron chi connectivity index (χ3n) is 6.33. The summed E-state index contributed by atoms with van der Waals surface area (Å²) in [4.78, 5) is 11.3. The van der Waals surface area contributed by atoms with E-state index in [1.807, 2.05) is 43.6 Å². The Morgan fingerprint density at radius 1 is 1.28 bits per heavy atom. The number of allylic oxidation sites excluding steroid dienone is 2. The second-order valence-electron chi connectivity index (χ2n) is 8.93. The molecule has 8 heteroatoms. The van der Waals surface area contributed by atoms with Crippen LogP contribution in [0.5, 0.6) is 0 Å². The average molecular weight is 432 g/mol. The predicted octanol–water partition coefficient (Wildman–Crippen LogP) is 2.57. The molecular weight excluding hydrogens is 402 g/mol.